The fourth-order valence-corrected chi connectivity index (χ4v) is 1.74. The van der Waals surface area contributed by atoms with Crippen LogP contribution in [0.15, 0.2) is 41.2 Å². The van der Waals surface area contributed by atoms with Crippen molar-refractivity contribution in [1.29, 1.82) is 0 Å². The Morgan fingerprint density at radius 3 is 2.56 bits per heavy atom. The zero-order chi connectivity index (χ0) is 11.8. The quantitative estimate of drug-likeness (QED) is 0.510. The number of hydrogen-bond donors (Lipinski definition) is 0. The SMILES string of the molecule is C=N\C=C/C=C(/C=C/N1CCCC1)C(C)C. The predicted molar refractivity (Wildman–Crippen MR) is 71.6 cm³/mol. The van der Waals surface area contributed by atoms with Crippen molar-refractivity contribution in [3.8, 4) is 0 Å². The van der Waals surface area contributed by atoms with Gasteiger partial charge in [-0.15, -0.1) is 0 Å². The molecule has 0 N–H and O–H groups in total. The highest BCUT2D eigenvalue weighted by Crippen LogP contribution is 2.14. The van der Waals surface area contributed by atoms with Gasteiger partial charge in [0.1, 0.15) is 0 Å². The van der Waals surface area contributed by atoms with Gasteiger partial charge in [-0.05, 0) is 49.4 Å². The van der Waals surface area contributed by atoms with E-state index in [-0.39, 0.29) is 0 Å². The number of allylic oxidation sites excluding steroid dienone is 4. The maximum atomic E-state index is 3.69. The molecule has 2 nitrogen and oxygen atoms in total. The molecule has 0 spiro atoms. The van der Waals surface area contributed by atoms with Crippen molar-refractivity contribution in [1.82, 2.24) is 4.90 Å². The molecule has 1 saturated heterocycles. The lowest BCUT2D eigenvalue weighted by atomic mass is 10.0. The summed E-state index contributed by atoms with van der Waals surface area (Å²) in [5, 5.41) is 0. The highest BCUT2D eigenvalue weighted by atomic mass is 15.1. The van der Waals surface area contributed by atoms with Crippen LogP contribution in [0.2, 0.25) is 0 Å². The van der Waals surface area contributed by atoms with Gasteiger partial charge in [-0.2, -0.15) is 0 Å². The lowest BCUT2D eigenvalue weighted by Crippen LogP contribution is -2.10. The first-order valence-electron chi connectivity index (χ1n) is 5.99. The maximum Gasteiger partial charge on any atom is 0.0260 e. The molecule has 0 bridgehead atoms. The van der Waals surface area contributed by atoms with Gasteiger partial charge < -0.3 is 4.90 Å². The summed E-state index contributed by atoms with van der Waals surface area (Å²) in [4.78, 5) is 6.08. The van der Waals surface area contributed by atoms with Gasteiger partial charge in [-0.1, -0.05) is 19.9 Å². The van der Waals surface area contributed by atoms with Gasteiger partial charge in [0, 0.05) is 19.3 Å². The van der Waals surface area contributed by atoms with Gasteiger partial charge >= 0.3 is 0 Å². The topological polar surface area (TPSA) is 15.6 Å². The van der Waals surface area contributed by atoms with Crippen molar-refractivity contribution in [2.24, 2.45) is 10.9 Å². The second-order valence-corrected chi connectivity index (χ2v) is 4.40. The Morgan fingerprint density at radius 2 is 2.00 bits per heavy atom. The first-order chi connectivity index (χ1) is 7.74. The lowest BCUT2D eigenvalue weighted by Gasteiger charge is -2.12. The van der Waals surface area contributed by atoms with Crippen LogP contribution < -0.4 is 0 Å². The molecule has 1 heterocycles. The van der Waals surface area contributed by atoms with E-state index in [2.05, 4.69) is 48.8 Å². The first kappa shape index (κ1) is 12.8. The molecule has 1 fully saturated rings. The summed E-state index contributed by atoms with van der Waals surface area (Å²) >= 11 is 0. The van der Waals surface area contributed by atoms with Crippen molar-refractivity contribution in [3.05, 3.63) is 36.2 Å². The monoisotopic (exact) mass is 218 g/mol. The van der Waals surface area contributed by atoms with Crippen LogP contribution in [-0.2, 0) is 0 Å². The molecule has 0 aliphatic carbocycles. The first-order valence-corrected chi connectivity index (χ1v) is 5.99. The molecule has 16 heavy (non-hydrogen) atoms. The van der Waals surface area contributed by atoms with Crippen molar-refractivity contribution >= 4 is 6.72 Å². The van der Waals surface area contributed by atoms with E-state index in [0.29, 0.717) is 5.92 Å². The van der Waals surface area contributed by atoms with Gasteiger partial charge in [0.05, 0.1) is 0 Å². The average Bonchev–Trinajstić information content (AvgIpc) is 2.75. The summed E-state index contributed by atoms with van der Waals surface area (Å²) in [5.41, 5.74) is 1.33. The second-order valence-electron chi connectivity index (χ2n) is 4.40. The minimum absolute atomic E-state index is 0.535. The van der Waals surface area contributed by atoms with E-state index in [4.69, 9.17) is 0 Å². The third-order valence-corrected chi connectivity index (χ3v) is 2.77. The van der Waals surface area contributed by atoms with Crippen LogP contribution in [0.3, 0.4) is 0 Å². The number of likely N-dealkylation sites (tertiary alicyclic amines) is 1. The Labute approximate surface area is 99.1 Å². The highest BCUT2D eigenvalue weighted by Gasteiger charge is 2.06. The maximum absolute atomic E-state index is 3.69. The molecule has 0 unspecified atom stereocenters. The molecule has 0 aromatic rings. The van der Waals surface area contributed by atoms with Crippen LogP contribution in [0, 0.1) is 5.92 Å². The molecule has 1 aliphatic heterocycles. The Balaban J connectivity index is 2.59. The fraction of sp³-hybridized carbons (Fsp3) is 0.500. The zero-order valence-corrected chi connectivity index (χ0v) is 10.4. The van der Waals surface area contributed by atoms with Gasteiger partial charge in [0.25, 0.3) is 0 Å². The summed E-state index contributed by atoms with van der Waals surface area (Å²) in [6.45, 7) is 10.2. The third-order valence-electron chi connectivity index (χ3n) is 2.77. The minimum atomic E-state index is 0.535. The van der Waals surface area contributed by atoms with Crippen LogP contribution in [0.4, 0.5) is 0 Å². The Kier molecular flexibility index (Phi) is 5.62. The van der Waals surface area contributed by atoms with E-state index < -0.39 is 0 Å². The fourth-order valence-electron chi connectivity index (χ4n) is 1.74. The molecule has 0 aromatic carbocycles. The normalized spacial score (nSPS) is 18.2. The van der Waals surface area contributed by atoms with Crippen LogP contribution in [0.5, 0.6) is 0 Å². The van der Waals surface area contributed by atoms with E-state index >= 15 is 0 Å². The standard InChI is InChI=1S/C14H22N2/c1-13(2)14(7-6-9-15-3)8-12-16-10-4-5-11-16/h6-9,12-13H,3-5,10-11H2,1-2H3/b9-6-,12-8+,14-7-. The van der Waals surface area contributed by atoms with Crippen molar-refractivity contribution in [2.45, 2.75) is 26.7 Å². The average molecular weight is 218 g/mol. The van der Waals surface area contributed by atoms with E-state index in [1.165, 1.54) is 31.5 Å². The van der Waals surface area contributed by atoms with Crippen molar-refractivity contribution in [2.75, 3.05) is 13.1 Å². The van der Waals surface area contributed by atoms with Gasteiger partial charge in [-0.25, -0.2) is 0 Å². The van der Waals surface area contributed by atoms with Gasteiger partial charge in [0.15, 0.2) is 0 Å². The van der Waals surface area contributed by atoms with Gasteiger partial charge in [0.2, 0.25) is 0 Å². The van der Waals surface area contributed by atoms with Crippen LogP contribution >= 0.6 is 0 Å². The lowest BCUT2D eigenvalue weighted by molar-refractivity contribution is 0.467. The minimum Gasteiger partial charge on any atom is -0.377 e. The molecular formula is C14H22N2. The Morgan fingerprint density at radius 1 is 1.31 bits per heavy atom. The van der Waals surface area contributed by atoms with E-state index in [1.54, 1.807) is 6.20 Å². The van der Waals surface area contributed by atoms with E-state index in [1.807, 2.05) is 6.08 Å². The molecule has 0 amide bonds. The molecular weight excluding hydrogens is 196 g/mol. The second kappa shape index (κ2) is 7.04. The number of rotatable bonds is 5. The van der Waals surface area contributed by atoms with Crippen LogP contribution in [0.1, 0.15) is 26.7 Å². The number of hydrogen-bond acceptors (Lipinski definition) is 2. The van der Waals surface area contributed by atoms with E-state index in [0.717, 1.165) is 0 Å². The molecule has 1 aliphatic rings. The molecule has 88 valence electrons. The summed E-state index contributed by atoms with van der Waals surface area (Å²) < 4.78 is 0. The number of nitrogens with zero attached hydrogens (tertiary/aromatic N) is 2. The summed E-state index contributed by atoms with van der Waals surface area (Å²) in [5.74, 6) is 0.535. The Bertz CT molecular complexity index is 292. The highest BCUT2D eigenvalue weighted by molar-refractivity contribution is 5.28. The van der Waals surface area contributed by atoms with Crippen molar-refractivity contribution < 1.29 is 0 Å². The third kappa shape index (κ3) is 4.47. The zero-order valence-electron chi connectivity index (χ0n) is 10.4. The smallest absolute Gasteiger partial charge is 0.0260 e. The largest absolute Gasteiger partial charge is 0.377 e. The van der Waals surface area contributed by atoms with Crippen LogP contribution in [0.25, 0.3) is 0 Å². The van der Waals surface area contributed by atoms with Crippen molar-refractivity contribution in [3.63, 3.8) is 0 Å². The molecule has 0 radical (unpaired) electrons. The Hall–Kier alpha value is -1.31. The number of aliphatic imine (C=N–C) groups is 1. The molecule has 0 aromatic heterocycles. The summed E-state index contributed by atoms with van der Waals surface area (Å²) in [7, 11) is 0. The molecule has 0 saturated carbocycles. The predicted octanol–water partition coefficient (Wildman–Crippen LogP) is 3.39. The van der Waals surface area contributed by atoms with E-state index in [9.17, 15) is 0 Å². The molecule has 2 heteroatoms. The molecule has 0 atom stereocenters. The summed E-state index contributed by atoms with van der Waals surface area (Å²) in [6.07, 6.45) is 12.8. The van der Waals surface area contributed by atoms with Gasteiger partial charge in [-0.3, -0.25) is 4.99 Å². The summed E-state index contributed by atoms with van der Waals surface area (Å²) in [6, 6.07) is 0. The molecule has 1 rings (SSSR count). The van der Waals surface area contributed by atoms with Crippen LogP contribution in [-0.4, -0.2) is 24.7 Å².